The van der Waals surface area contributed by atoms with Crippen LogP contribution in [0, 0.1) is 0 Å². The van der Waals surface area contributed by atoms with Crippen molar-refractivity contribution in [3.8, 4) is 16.9 Å². The molecule has 2 nitrogen and oxygen atoms in total. The number of methoxy groups -OCH3 is 1. The van der Waals surface area contributed by atoms with Crippen molar-refractivity contribution in [3.05, 3.63) is 54.1 Å². The zero-order valence-corrected chi connectivity index (χ0v) is 9.31. The summed E-state index contributed by atoms with van der Waals surface area (Å²) in [4.78, 5) is 0. The van der Waals surface area contributed by atoms with Gasteiger partial charge in [0.15, 0.2) is 0 Å². The Balaban J connectivity index is 2.53. The highest BCUT2D eigenvalue weighted by Crippen LogP contribution is 2.30. The van der Waals surface area contributed by atoms with Crippen molar-refractivity contribution in [3.63, 3.8) is 0 Å². The molecule has 2 rings (SSSR count). The van der Waals surface area contributed by atoms with Gasteiger partial charge < -0.3 is 10.5 Å². The van der Waals surface area contributed by atoms with Crippen molar-refractivity contribution in [2.75, 3.05) is 7.11 Å². The Morgan fingerprint density at radius 1 is 1.06 bits per heavy atom. The molecule has 0 spiro atoms. The molecule has 0 aliphatic heterocycles. The highest BCUT2D eigenvalue weighted by molar-refractivity contribution is 5.71. The zero-order valence-electron chi connectivity index (χ0n) is 9.31. The molecule has 0 aromatic heterocycles. The summed E-state index contributed by atoms with van der Waals surface area (Å²) in [6.07, 6.45) is 0. The van der Waals surface area contributed by atoms with Crippen molar-refractivity contribution in [1.29, 1.82) is 0 Å². The molecule has 0 unspecified atom stereocenters. The van der Waals surface area contributed by atoms with Crippen LogP contribution in [0.2, 0.25) is 0 Å². The van der Waals surface area contributed by atoms with Crippen LogP contribution in [0.3, 0.4) is 0 Å². The molecule has 2 N–H and O–H groups in total. The number of hydrogen-bond acceptors (Lipinski definition) is 2. The Kier molecular flexibility index (Phi) is 3.22. The smallest absolute Gasteiger partial charge is 0.126 e. The van der Waals surface area contributed by atoms with Gasteiger partial charge in [-0.2, -0.15) is 0 Å². The minimum Gasteiger partial charge on any atom is -0.496 e. The number of ether oxygens (including phenoxy) is 1. The Morgan fingerprint density at radius 2 is 1.81 bits per heavy atom. The third-order valence-corrected chi connectivity index (χ3v) is 2.58. The minimum atomic E-state index is 0.545. The average molecular weight is 213 g/mol. The van der Waals surface area contributed by atoms with E-state index in [1.165, 1.54) is 0 Å². The normalized spacial score (nSPS) is 10.1. The first-order valence-electron chi connectivity index (χ1n) is 5.27. The van der Waals surface area contributed by atoms with Gasteiger partial charge in [-0.1, -0.05) is 36.4 Å². The lowest BCUT2D eigenvalue weighted by Crippen LogP contribution is -1.97. The molecule has 0 saturated heterocycles. The van der Waals surface area contributed by atoms with Gasteiger partial charge in [-0.25, -0.2) is 0 Å². The van der Waals surface area contributed by atoms with E-state index >= 15 is 0 Å². The summed E-state index contributed by atoms with van der Waals surface area (Å²) in [5.74, 6) is 0.878. The SMILES string of the molecule is COc1ccc(CN)cc1-c1ccccc1. The van der Waals surface area contributed by atoms with E-state index in [2.05, 4.69) is 18.2 Å². The second-order valence-electron chi connectivity index (χ2n) is 3.60. The van der Waals surface area contributed by atoms with Gasteiger partial charge in [0, 0.05) is 12.1 Å². The number of benzene rings is 2. The molecule has 0 saturated carbocycles. The number of rotatable bonds is 3. The molecule has 0 amide bonds. The highest BCUT2D eigenvalue weighted by atomic mass is 16.5. The maximum atomic E-state index is 5.65. The van der Waals surface area contributed by atoms with Gasteiger partial charge in [-0.15, -0.1) is 0 Å². The summed E-state index contributed by atoms with van der Waals surface area (Å²) in [5.41, 5.74) is 9.00. The van der Waals surface area contributed by atoms with Crippen LogP contribution in [0.5, 0.6) is 5.75 Å². The van der Waals surface area contributed by atoms with E-state index in [9.17, 15) is 0 Å². The van der Waals surface area contributed by atoms with Crippen LogP contribution in [0.15, 0.2) is 48.5 Å². The summed E-state index contributed by atoms with van der Waals surface area (Å²) in [7, 11) is 1.68. The van der Waals surface area contributed by atoms with Crippen LogP contribution in [-0.2, 0) is 6.54 Å². The van der Waals surface area contributed by atoms with Crippen molar-refractivity contribution in [2.45, 2.75) is 6.54 Å². The second-order valence-corrected chi connectivity index (χ2v) is 3.60. The van der Waals surface area contributed by atoms with Gasteiger partial charge in [0.1, 0.15) is 5.75 Å². The van der Waals surface area contributed by atoms with E-state index < -0.39 is 0 Å². The molecular weight excluding hydrogens is 198 g/mol. The molecule has 0 radical (unpaired) electrons. The molecule has 16 heavy (non-hydrogen) atoms. The van der Waals surface area contributed by atoms with E-state index in [-0.39, 0.29) is 0 Å². The maximum absolute atomic E-state index is 5.65. The molecule has 0 heterocycles. The third-order valence-electron chi connectivity index (χ3n) is 2.58. The van der Waals surface area contributed by atoms with Crippen LogP contribution in [0.25, 0.3) is 11.1 Å². The predicted molar refractivity (Wildman–Crippen MR) is 66.3 cm³/mol. The van der Waals surface area contributed by atoms with Gasteiger partial charge in [-0.3, -0.25) is 0 Å². The molecule has 82 valence electrons. The maximum Gasteiger partial charge on any atom is 0.126 e. The summed E-state index contributed by atoms with van der Waals surface area (Å²) < 4.78 is 5.36. The molecular formula is C14H15NO. The second kappa shape index (κ2) is 4.81. The Hall–Kier alpha value is -1.80. The fourth-order valence-electron chi connectivity index (χ4n) is 1.73. The Bertz CT molecular complexity index is 465. The summed E-state index contributed by atoms with van der Waals surface area (Å²) in [6, 6.07) is 16.2. The largest absolute Gasteiger partial charge is 0.496 e. The summed E-state index contributed by atoms with van der Waals surface area (Å²) >= 11 is 0. The lowest BCUT2D eigenvalue weighted by molar-refractivity contribution is 0.416. The number of nitrogens with two attached hydrogens (primary N) is 1. The predicted octanol–water partition coefficient (Wildman–Crippen LogP) is 2.82. The molecule has 0 atom stereocenters. The first-order chi connectivity index (χ1) is 7.85. The van der Waals surface area contributed by atoms with Crippen molar-refractivity contribution in [2.24, 2.45) is 5.73 Å². The fourth-order valence-corrected chi connectivity index (χ4v) is 1.73. The average Bonchev–Trinajstić information content (AvgIpc) is 2.39. The van der Waals surface area contributed by atoms with Gasteiger partial charge in [0.25, 0.3) is 0 Å². The van der Waals surface area contributed by atoms with Crippen LogP contribution in [0.1, 0.15) is 5.56 Å². The van der Waals surface area contributed by atoms with E-state index in [1.54, 1.807) is 7.11 Å². The molecule has 2 aromatic rings. The first kappa shape index (κ1) is 10.7. The Labute approximate surface area is 95.7 Å². The van der Waals surface area contributed by atoms with Gasteiger partial charge >= 0.3 is 0 Å². The molecule has 2 heteroatoms. The van der Waals surface area contributed by atoms with Crippen LogP contribution in [0.4, 0.5) is 0 Å². The van der Waals surface area contributed by atoms with Crippen LogP contribution < -0.4 is 10.5 Å². The van der Waals surface area contributed by atoms with Crippen molar-refractivity contribution < 1.29 is 4.74 Å². The first-order valence-corrected chi connectivity index (χ1v) is 5.27. The topological polar surface area (TPSA) is 35.2 Å². The van der Waals surface area contributed by atoms with E-state index in [0.29, 0.717) is 6.54 Å². The number of hydrogen-bond donors (Lipinski definition) is 1. The molecule has 0 fully saturated rings. The molecule has 0 bridgehead atoms. The minimum absolute atomic E-state index is 0.545. The monoisotopic (exact) mass is 213 g/mol. The van der Waals surface area contributed by atoms with Crippen molar-refractivity contribution >= 4 is 0 Å². The quantitative estimate of drug-likeness (QED) is 0.850. The highest BCUT2D eigenvalue weighted by Gasteiger charge is 2.05. The Morgan fingerprint density at radius 3 is 2.44 bits per heavy atom. The summed E-state index contributed by atoms with van der Waals surface area (Å²) in [6.45, 7) is 0.545. The molecule has 0 aliphatic rings. The van der Waals surface area contributed by atoms with Gasteiger partial charge in [-0.05, 0) is 23.3 Å². The third kappa shape index (κ3) is 2.07. The van der Waals surface area contributed by atoms with Crippen LogP contribution in [-0.4, -0.2) is 7.11 Å². The lowest BCUT2D eigenvalue weighted by Gasteiger charge is -2.10. The van der Waals surface area contributed by atoms with E-state index in [0.717, 1.165) is 22.4 Å². The molecule has 0 aliphatic carbocycles. The lowest BCUT2D eigenvalue weighted by atomic mass is 10.0. The van der Waals surface area contributed by atoms with E-state index in [1.807, 2.05) is 30.3 Å². The fraction of sp³-hybridized carbons (Fsp3) is 0.143. The van der Waals surface area contributed by atoms with Crippen LogP contribution >= 0.6 is 0 Å². The van der Waals surface area contributed by atoms with E-state index in [4.69, 9.17) is 10.5 Å². The summed E-state index contributed by atoms with van der Waals surface area (Å²) in [5, 5.41) is 0. The van der Waals surface area contributed by atoms with Gasteiger partial charge in [0.05, 0.1) is 7.11 Å². The standard InChI is InChI=1S/C14H15NO/c1-16-14-8-7-11(10-15)9-13(14)12-5-3-2-4-6-12/h2-9H,10,15H2,1H3. The van der Waals surface area contributed by atoms with Crippen molar-refractivity contribution in [1.82, 2.24) is 0 Å². The van der Waals surface area contributed by atoms with Gasteiger partial charge in [0.2, 0.25) is 0 Å². The zero-order chi connectivity index (χ0) is 11.4. The molecule has 2 aromatic carbocycles.